The summed E-state index contributed by atoms with van der Waals surface area (Å²) in [6.45, 7) is 0. The molecule has 144 valence electrons. The van der Waals surface area contributed by atoms with Crippen LogP contribution in [0.25, 0.3) is 0 Å². The Bertz CT molecular complexity index is 1190. The molecule has 0 atom stereocenters. The lowest BCUT2D eigenvalue weighted by Gasteiger charge is -2.22. The van der Waals surface area contributed by atoms with Crippen LogP contribution in [0.15, 0.2) is 54.6 Å². The third-order valence-corrected chi connectivity index (χ3v) is 5.00. The first-order valence-electron chi connectivity index (χ1n) is 8.67. The first-order chi connectivity index (χ1) is 13.9. The number of halogens is 1. The minimum absolute atomic E-state index is 0.0669. The fraction of sp³-hybridized carbons (Fsp3) is 0.0455. The van der Waals surface area contributed by atoms with Gasteiger partial charge in [0, 0.05) is 27.4 Å². The lowest BCUT2D eigenvalue weighted by atomic mass is 9.82. The van der Waals surface area contributed by atoms with E-state index >= 15 is 0 Å². The summed E-state index contributed by atoms with van der Waals surface area (Å²) in [7, 11) is 1.53. The second-order valence-electron chi connectivity index (χ2n) is 6.48. The number of rotatable bonds is 3. The van der Waals surface area contributed by atoms with Crippen LogP contribution in [-0.2, 0) is 0 Å². The van der Waals surface area contributed by atoms with Crippen LogP contribution in [0, 0.1) is 0 Å². The minimum Gasteiger partial charge on any atom is -0.497 e. The van der Waals surface area contributed by atoms with Gasteiger partial charge in [-0.05, 0) is 54.6 Å². The molecular formula is C22H15ClN2O4. The van der Waals surface area contributed by atoms with E-state index in [9.17, 15) is 14.4 Å². The zero-order chi connectivity index (χ0) is 20.7. The number of methoxy groups -OCH3 is 1. The Morgan fingerprint density at radius 1 is 0.931 bits per heavy atom. The van der Waals surface area contributed by atoms with Crippen LogP contribution in [0.1, 0.15) is 42.2 Å². The normalized spacial score (nSPS) is 12.2. The molecule has 0 unspecified atom stereocenters. The molecule has 0 aliphatic heterocycles. The summed E-state index contributed by atoms with van der Waals surface area (Å²) < 4.78 is 5.09. The predicted molar refractivity (Wildman–Crippen MR) is 110 cm³/mol. The summed E-state index contributed by atoms with van der Waals surface area (Å²) in [5.41, 5.74) is 7.31. The maximum absolute atomic E-state index is 13.1. The summed E-state index contributed by atoms with van der Waals surface area (Å²) in [6, 6.07) is 14.0. The number of fused-ring (bicyclic) bond motifs is 2. The molecule has 1 aliphatic rings. The average Bonchev–Trinajstić information content (AvgIpc) is 2.73. The first-order valence-corrected chi connectivity index (χ1v) is 9.05. The molecule has 6 nitrogen and oxygen atoms in total. The van der Waals surface area contributed by atoms with Gasteiger partial charge < -0.3 is 15.8 Å². The molecule has 0 spiro atoms. The number of carbonyl (C=O) groups is 3. The number of ether oxygens (including phenoxy) is 1. The molecule has 4 rings (SSSR count). The second-order valence-corrected chi connectivity index (χ2v) is 6.92. The Kier molecular flexibility index (Phi) is 4.56. The Morgan fingerprint density at radius 3 is 2.31 bits per heavy atom. The van der Waals surface area contributed by atoms with Crippen LogP contribution in [0.2, 0.25) is 5.02 Å². The van der Waals surface area contributed by atoms with E-state index in [4.69, 9.17) is 22.1 Å². The van der Waals surface area contributed by atoms with Crippen molar-refractivity contribution in [2.24, 2.45) is 0 Å². The van der Waals surface area contributed by atoms with Gasteiger partial charge in [0.25, 0.3) is 5.91 Å². The van der Waals surface area contributed by atoms with Gasteiger partial charge in [-0.3, -0.25) is 14.4 Å². The molecule has 7 heteroatoms. The van der Waals surface area contributed by atoms with E-state index < -0.39 is 17.5 Å². The lowest BCUT2D eigenvalue weighted by molar-refractivity contribution is 0.0979. The number of hydrogen-bond acceptors (Lipinski definition) is 5. The fourth-order valence-electron chi connectivity index (χ4n) is 3.31. The highest BCUT2D eigenvalue weighted by Crippen LogP contribution is 2.36. The first kappa shape index (κ1) is 18.7. The standard InChI is InChI=1S/C22H15ClN2O4/c1-29-13-5-2-11(3-6-13)22(28)25-17-9-8-16(24)18-19(17)20(26)14-7-4-12(23)10-15(14)21(18)27/h2-10H,24H2,1H3,(H,25,28). The molecule has 29 heavy (non-hydrogen) atoms. The van der Waals surface area contributed by atoms with E-state index in [2.05, 4.69) is 5.32 Å². The quantitative estimate of drug-likeness (QED) is 0.502. The van der Waals surface area contributed by atoms with Gasteiger partial charge in [-0.15, -0.1) is 0 Å². The van der Waals surface area contributed by atoms with Crippen molar-refractivity contribution in [1.82, 2.24) is 0 Å². The number of benzene rings is 3. The van der Waals surface area contributed by atoms with Crippen LogP contribution in [0.5, 0.6) is 5.75 Å². The van der Waals surface area contributed by atoms with Crippen LogP contribution in [-0.4, -0.2) is 24.6 Å². The van der Waals surface area contributed by atoms with Gasteiger partial charge in [0.05, 0.1) is 23.9 Å². The van der Waals surface area contributed by atoms with Crippen LogP contribution < -0.4 is 15.8 Å². The summed E-state index contributed by atoms with van der Waals surface area (Å²) in [5.74, 6) is -0.622. The number of carbonyl (C=O) groups excluding carboxylic acids is 3. The Labute approximate surface area is 171 Å². The largest absolute Gasteiger partial charge is 0.497 e. The zero-order valence-electron chi connectivity index (χ0n) is 15.3. The maximum atomic E-state index is 13.1. The highest BCUT2D eigenvalue weighted by molar-refractivity contribution is 6.35. The highest BCUT2D eigenvalue weighted by atomic mass is 35.5. The Balaban J connectivity index is 1.77. The molecule has 0 saturated carbocycles. The maximum Gasteiger partial charge on any atom is 0.255 e. The van der Waals surface area contributed by atoms with Crippen LogP contribution in [0.4, 0.5) is 11.4 Å². The smallest absolute Gasteiger partial charge is 0.255 e. The number of nitrogens with two attached hydrogens (primary N) is 1. The number of nitrogens with one attached hydrogen (secondary N) is 1. The van der Waals surface area contributed by atoms with Gasteiger partial charge in [-0.2, -0.15) is 0 Å². The highest BCUT2D eigenvalue weighted by Gasteiger charge is 2.34. The van der Waals surface area contributed by atoms with Crippen molar-refractivity contribution in [3.63, 3.8) is 0 Å². The topological polar surface area (TPSA) is 98.5 Å². The van der Waals surface area contributed by atoms with Gasteiger partial charge in [-0.25, -0.2) is 0 Å². The average molecular weight is 407 g/mol. The SMILES string of the molecule is COc1ccc(C(=O)Nc2ccc(N)c3c2C(=O)c2ccc(Cl)cc2C3=O)cc1. The molecule has 0 radical (unpaired) electrons. The van der Waals surface area contributed by atoms with Crippen molar-refractivity contribution in [2.45, 2.75) is 0 Å². The van der Waals surface area contributed by atoms with Crippen molar-refractivity contribution in [3.8, 4) is 5.75 Å². The molecule has 0 bridgehead atoms. The molecule has 3 aromatic carbocycles. The van der Waals surface area contributed by atoms with Crippen LogP contribution >= 0.6 is 11.6 Å². The van der Waals surface area contributed by atoms with Gasteiger partial charge in [0.2, 0.25) is 0 Å². The zero-order valence-corrected chi connectivity index (χ0v) is 16.0. The van der Waals surface area contributed by atoms with Crippen molar-refractivity contribution in [2.75, 3.05) is 18.2 Å². The van der Waals surface area contributed by atoms with Gasteiger partial charge in [0.1, 0.15) is 5.75 Å². The lowest BCUT2D eigenvalue weighted by Crippen LogP contribution is -2.25. The molecule has 0 fully saturated rings. The van der Waals surface area contributed by atoms with Crippen molar-refractivity contribution >= 4 is 40.4 Å². The summed E-state index contributed by atoms with van der Waals surface area (Å²) in [6.07, 6.45) is 0. The monoisotopic (exact) mass is 406 g/mol. The van der Waals surface area contributed by atoms with E-state index in [-0.39, 0.29) is 33.6 Å². The number of anilines is 2. The van der Waals surface area contributed by atoms with Gasteiger partial charge in [0.15, 0.2) is 11.6 Å². The van der Waals surface area contributed by atoms with E-state index in [1.165, 1.54) is 31.4 Å². The summed E-state index contributed by atoms with van der Waals surface area (Å²) >= 11 is 5.99. The van der Waals surface area contributed by atoms with Gasteiger partial charge >= 0.3 is 0 Å². The fourth-order valence-corrected chi connectivity index (χ4v) is 3.48. The number of ketones is 2. The molecule has 1 aliphatic carbocycles. The third kappa shape index (κ3) is 3.13. The molecule has 0 aromatic heterocycles. The van der Waals surface area contributed by atoms with Crippen LogP contribution in [0.3, 0.4) is 0 Å². The van der Waals surface area contributed by atoms with Crippen molar-refractivity contribution in [3.05, 3.63) is 87.4 Å². The molecule has 1 amide bonds. The van der Waals surface area contributed by atoms with Gasteiger partial charge in [-0.1, -0.05) is 11.6 Å². The number of hydrogen-bond donors (Lipinski definition) is 2. The van der Waals surface area contributed by atoms with E-state index in [0.29, 0.717) is 16.3 Å². The number of nitrogen functional groups attached to an aromatic ring is 1. The summed E-state index contributed by atoms with van der Waals surface area (Å²) in [4.78, 5) is 38.8. The second kappa shape index (κ2) is 7.07. The predicted octanol–water partition coefficient (Wildman–Crippen LogP) is 3.96. The Morgan fingerprint density at radius 2 is 1.62 bits per heavy atom. The third-order valence-electron chi connectivity index (χ3n) is 4.76. The molecule has 3 N–H and O–H groups in total. The molecule has 0 heterocycles. The van der Waals surface area contributed by atoms with Crippen molar-refractivity contribution in [1.29, 1.82) is 0 Å². The number of amides is 1. The molecular weight excluding hydrogens is 392 g/mol. The Hall–Kier alpha value is -3.64. The summed E-state index contributed by atoms with van der Waals surface area (Å²) in [5, 5.41) is 3.05. The van der Waals surface area contributed by atoms with E-state index in [1.54, 1.807) is 30.3 Å². The van der Waals surface area contributed by atoms with E-state index in [0.717, 1.165) is 0 Å². The molecule has 0 saturated heterocycles. The van der Waals surface area contributed by atoms with E-state index in [1.807, 2.05) is 0 Å². The van der Waals surface area contributed by atoms with Crippen molar-refractivity contribution < 1.29 is 19.1 Å². The minimum atomic E-state index is -0.429. The molecule has 3 aromatic rings.